The lowest BCUT2D eigenvalue weighted by atomic mass is 10.1. The lowest BCUT2D eigenvalue weighted by Crippen LogP contribution is -2.18. The van der Waals surface area contributed by atoms with Crippen LogP contribution >= 0.6 is 15.9 Å². The van der Waals surface area contributed by atoms with E-state index in [2.05, 4.69) is 31.3 Å². The van der Waals surface area contributed by atoms with Crippen LogP contribution in [0.1, 0.15) is 15.9 Å². The predicted octanol–water partition coefficient (Wildman–Crippen LogP) is 4.92. The zero-order valence-corrected chi connectivity index (χ0v) is 17.7. The second-order valence-electron chi connectivity index (χ2n) is 6.73. The number of carbonyl (C=O) groups is 1. The van der Waals surface area contributed by atoms with Crippen molar-refractivity contribution in [3.8, 4) is 22.5 Å². The summed E-state index contributed by atoms with van der Waals surface area (Å²) in [6.07, 6.45) is 3.62. The van der Waals surface area contributed by atoms with Gasteiger partial charge in [-0.15, -0.1) is 0 Å². The van der Waals surface area contributed by atoms with Gasteiger partial charge in [-0.2, -0.15) is 5.10 Å². The van der Waals surface area contributed by atoms with Crippen LogP contribution in [-0.2, 0) is 6.54 Å². The van der Waals surface area contributed by atoms with Gasteiger partial charge in [0, 0.05) is 40.6 Å². The molecule has 4 rings (SSSR count). The number of rotatable bonds is 5. The van der Waals surface area contributed by atoms with Crippen LogP contribution in [-0.4, -0.2) is 27.7 Å². The maximum Gasteiger partial charge on any atom is 0.251 e. The average Bonchev–Trinajstić information content (AvgIpc) is 3.22. The van der Waals surface area contributed by atoms with E-state index < -0.39 is 0 Å². The van der Waals surface area contributed by atoms with E-state index in [-0.39, 0.29) is 11.7 Å². The Morgan fingerprint density at radius 1 is 1.10 bits per heavy atom. The quantitative estimate of drug-likeness (QED) is 0.455. The van der Waals surface area contributed by atoms with Gasteiger partial charge < -0.3 is 5.32 Å². The molecule has 7 heteroatoms. The molecule has 1 N–H and O–H groups in total. The Labute approximate surface area is 181 Å². The monoisotopic (exact) mass is 464 g/mol. The largest absolute Gasteiger partial charge is 0.355 e. The molecule has 30 heavy (non-hydrogen) atoms. The van der Waals surface area contributed by atoms with Gasteiger partial charge in [0.25, 0.3) is 5.91 Å². The van der Waals surface area contributed by atoms with E-state index in [0.29, 0.717) is 12.1 Å². The number of benzene rings is 2. The fourth-order valence-electron chi connectivity index (χ4n) is 3.15. The molecule has 0 unspecified atom stereocenters. The highest BCUT2D eigenvalue weighted by Crippen LogP contribution is 2.30. The number of carbonyl (C=O) groups excluding carboxylic acids is 1. The molecule has 2 aromatic carbocycles. The third-order valence-corrected chi connectivity index (χ3v) is 5.30. The summed E-state index contributed by atoms with van der Waals surface area (Å²) in [7, 11) is 1.61. The summed E-state index contributed by atoms with van der Waals surface area (Å²) in [6, 6.07) is 17.5. The van der Waals surface area contributed by atoms with Crippen LogP contribution in [0.15, 0.2) is 77.5 Å². The summed E-state index contributed by atoms with van der Waals surface area (Å²) in [5, 5.41) is 7.31. The zero-order valence-electron chi connectivity index (χ0n) is 16.1. The minimum absolute atomic E-state index is 0.118. The minimum Gasteiger partial charge on any atom is -0.355 e. The highest BCUT2D eigenvalue weighted by molar-refractivity contribution is 9.10. The third kappa shape index (κ3) is 4.31. The van der Waals surface area contributed by atoms with E-state index in [4.69, 9.17) is 0 Å². The SMILES string of the molecule is CNC(=O)c1cccc(Cn2ccc(-c3cc(-c4ccc(F)cc4)ncc3Br)n2)c1. The molecule has 4 aromatic rings. The number of nitrogens with one attached hydrogen (secondary N) is 1. The van der Waals surface area contributed by atoms with Gasteiger partial charge in [-0.05, 0) is 70.0 Å². The van der Waals surface area contributed by atoms with E-state index in [9.17, 15) is 9.18 Å². The van der Waals surface area contributed by atoms with Crippen molar-refractivity contribution in [3.63, 3.8) is 0 Å². The average molecular weight is 465 g/mol. The topological polar surface area (TPSA) is 59.8 Å². The standard InChI is InChI=1S/C23H18BrFN4O/c1-26-23(30)17-4-2-3-15(11-17)14-29-10-9-21(28-29)19-12-22(27-13-20(19)24)16-5-7-18(25)8-6-16/h2-13H,14H2,1H3,(H,26,30). The van der Waals surface area contributed by atoms with E-state index in [1.54, 1.807) is 31.4 Å². The Balaban J connectivity index is 1.60. The molecule has 0 spiro atoms. The maximum atomic E-state index is 13.2. The molecule has 0 fully saturated rings. The number of aromatic nitrogens is 3. The fraction of sp³-hybridized carbons (Fsp3) is 0.0870. The number of amides is 1. The van der Waals surface area contributed by atoms with Crippen molar-refractivity contribution in [1.29, 1.82) is 0 Å². The molecule has 0 saturated heterocycles. The fourth-order valence-corrected chi connectivity index (χ4v) is 3.57. The smallest absolute Gasteiger partial charge is 0.251 e. The van der Waals surface area contributed by atoms with Crippen LogP contribution in [0.3, 0.4) is 0 Å². The molecule has 150 valence electrons. The van der Waals surface area contributed by atoms with E-state index in [1.165, 1.54) is 12.1 Å². The number of halogens is 2. The third-order valence-electron chi connectivity index (χ3n) is 4.67. The molecular weight excluding hydrogens is 447 g/mol. The summed E-state index contributed by atoms with van der Waals surface area (Å²) in [4.78, 5) is 16.3. The second-order valence-corrected chi connectivity index (χ2v) is 7.59. The first kappa shape index (κ1) is 20.0. The Kier molecular flexibility index (Phi) is 5.72. The van der Waals surface area contributed by atoms with Crippen molar-refractivity contribution in [2.75, 3.05) is 7.05 Å². The van der Waals surface area contributed by atoms with Crippen molar-refractivity contribution in [2.24, 2.45) is 0 Å². The Morgan fingerprint density at radius 2 is 1.90 bits per heavy atom. The Morgan fingerprint density at radius 3 is 2.67 bits per heavy atom. The Bertz CT molecular complexity index is 1200. The van der Waals surface area contributed by atoms with Crippen molar-refractivity contribution >= 4 is 21.8 Å². The molecule has 1 amide bonds. The van der Waals surface area contributed by atoms with E-state index >= 15 is 0 Å². The number of nitrogens with zero attached hydrogens (tertiary/aromatic N) is 3. The van der Waals surface area contributed by atoms with Gasteiger partial charge in [0.2, 0.25) is 0 Å². The molecule has 0 radical (unpaired) electrons. The first-order valence-electron chi connectivity index (χ1n) is 9.30. The van der Waals surface area contributed by atoms with Crippen molar-refractivity contribution in [2.45, 2.75) is 6.54 Å². The first-order chi connectivity index (χ1) is 14.5. The van der Waals surface area contributed by atoms with Gasteiger partial charge in [0.05, 0.1) is 17.9 Å². The van der Waals surface area contributed by atoms with Crippen molar-refractivity contribution < 1.29 is 9.18 Å². The number of pyridine rings is 1. The molecule has 5 nitrogen and oxygen atoms in total. The molecule has 0 atom stereocenters. The summed E-state index contributed by atoms with van der Waals surface area (Å²) in [5.41, 5.74) is 4.84. The van der Waals surface area contributed by atoms with Gasteiger partial charge in [-0.3, -0.25) is 14.5 Å². The summed E-state index contributed by atoms with van der Waals surface area (Å²) in [6.45, 7) is 0.540. The van der Waals surface area contributed by atoms with Gasteiger partial charge >= 0.3 is 0 Å². The second kappa shape index (κ2) is 8.59. The lowest BCUT2D eigenvalue weighted by molar-refractivity contribution is 0.0963. The zero-order chi connectivity index (χ0) is 21.1. The van der Waals surface area contributed by atoms with Gasteiger partial charge in [0.15, 0.2) is 0 Å². The van der Waals surface area contributed by atoms with Gasteiger partial charge in [-0.25, -0.2) is 4.39 Å². The minimum atomic E-state index is -0.282. The predicted molar refractivity (Wildman–Crippen MR) is 117 cm³/mol. The molecule has 0 saturated carbocycles. The van der Waals surface area contributed by atoms with Crippen molar-refractivity contribution in [3.05, 3.63) is 94.5 Å². The van der Waals surface area contributed by atoms with Crippen molar-refractivity contribution in [1.82, 2.24) is 20.1 Å². The highest BCUT2D eigenvalue weighted by atomic mass is 79.9. The molecule has 0 bridgehead atoms. The lowest BCUT2D eigenvalue weighted by Gasteiger charge is -2.07. The molecule has 0 aliphatic carbocycles. The van der Waals surface area contributed by atoms with Crippen LogP contribution < -0.4 is 5.32 Å². The summed E-state index contributed by atoms with van der Waals surface area (Å²) in [5.74, 6) is -0.401. The first-order valence-corrected chi connectivity index (χ1v) is 10.1. The molecule has 2 heterocycles. The number of hydrogen-bond donors (Lipinski definition) is 1. The molecule has 0 aliphatic heterocycles. The van der Waals surface area contributed by atoms with E-state index in [0.717, 1.165) is 32.6 Å². The Hall–Kier alpha value is -3.32. The normalized spacial score (nSPS) is 10.8. The number of hydrogen-bond acceptors (Lipinski definition) is 3. The van der Waals surface area contributed by atoms with Gasteiger partial charge in [0.1, 0.15) is 5.82 Å². The summed E-state index contributed by atoms with van der Waals surface area (Å²) < 4.78 is 15.9. The highest BCUT2D eigenvalue weighted by Gasteiger charge is 2.11. The maximum absolute atomic E-state index is 13.2. The summed E-state index contributed by atoms with van der Waals surface area (Å²) >= 11 is 3.54. The van der Waals surface area contributed by atoms with Crippen LogP contribution in [0.5, 0.6) is 0 Å². The van der Waals surface area contributed by atoms with E-state index in [1.807, 2.05) is 41.2 Å². The van der Waals surface area contributed by atoms with Crippen LogP contribution in [0.2, 0.25) is 0 Å². The molecule has 2 aromatic heterocycles. The van der Waals surface area contributed by atoms with Crippen LogP contribution in [0.4, 0.5) is 4.39 Å². The van der Waals surface area contributed by atoms with Gasteiger partial charge in [-0.1, -0.05) is 12.1 Å². The molecule has 0 aliphatic rings. The molecular formula is C23H18BrFN4O. The van der Waals surface area contributed by atoms with Crippen LogP contribution in [0, 0.1) is 5.82 Å². The van der Waals surface area contributed by atoms with Crippen LogP contribution in [0.25, 0.3) is 22.5 Å².